The Bertz CT molecular complexity index is 2010. The highest BCUT2D eigenvalue weighted by molar-refractivity contribution is 5.94. The number of para-hydroxylation sites is 2. The normalized spacial score (nSPS) is 15.4. The highest BCUT2D eigenvalue weighted by Gasteiger charge is 2.42. The van der Waals surface area contributed by atoms with Crippen molar-refractivity contribution in [2.24, 2.45) is 0 Å². The zero-order chi connectivity index (χ0) is 28.8. The van der Waals surface area contributed by atoms with Crippen molar-refractivity contribution in [2.75, 3.05) is 0 Å². The lowest BCUT2D eigenvalue weighted by atomic mass is 9.73. The van der Waals surface area contributed by atoms with Crippen molar-refractivity contribution in [3.05, 3.63) is 119 Å². The summed E-state index contributed by atoms with van der Waals surface area (Å²) in [5.41, 5.74) is 9.50. The van der Waals surface area contributed by atoms with Crippen LogP contribution in [-0.2, 0) is 26.2 Å². The lowest BCUT2D eigenvalue weighted by Gasteiger charge is -2.33. The Kier molecular flexibility index (Phi) is 6.06. The van der Waals surface area contributed by atoms with Gasteiger partial charge in [0, 0.05) is 58.0 Å². The standard InChI is InChI=1S/C38H28N4/c1-5-19-39-23-17-27(25-39)33-35-29-13-9-11-15-31(29)42(22-8-4)38(35)34(28-18-24-40(26-28)20-6-2)36-30-14-10-12-16-32(30)41(21-7-3)37(33)36/h1-4,9-18,23-26,33-34H,19-22H2. The van der Waals surface area contributed by atoms with Gasteiger partial charge < -0.3 is 18.3 Å². The van der Waals surface area contributed by atoms with E-state index in [1.165, 1.54) is 44.4 Å². The molecule has 2 atom stereocenters. The Balaban J connectivity index is 1.67. The largest absolute Gasteiger partial charge is 0.343 e. The van der Waals surface area contributed by atoms with Gasteiger partial charge in [-0.25, -0.2) is 0 Å². The van der Waals surface area contributed by atoms with Crippen LogP contribution in [0.4, 0.5) is 0 Å². The molecule has 4 nitrogen and oxygen atoms in total. The van der Waals surface area contributed by atoms with Gasteiger partial charge in [-0.2, -0.15) is 0 Å². The Morgan fingerprint density at radius 2 is 0.929 bits per heavy atom. The smallest absolute Gasteiger partial charge is 0.0838 e. The molecule has 0 N–H and O–H groups in total. The van der Waals surface area contributed by atoms with E-state index < -0.39 is 0 Å². The molecule has 7 rings (SSSR count). The molecule has 200 valence electrons. The van der Waals surface area contributed by atoms with Gasteiger partial charge in [0.2, 0.25) is 0 Å². The highest BCUT2D eigenvalue weighted by Crippen LogP contribution is 2.55. The van der Waals surface area contributed by atoms with E-state index in [1.54, 1.807) is 0 Å². The van der Waals surface area contributed by atoms with Crippen molar-refractivity contribution in [3.8, 4) is 49.4 Å². The number of nitrogens with zero attached hydrogens (tertiary/aromatic N) is 4. The second kappa shape index (κ2) is 10.1. The molecule has 0 aliphatic heterocycles. The van der Waals surface area contributed by atoms with Crippen molar-refractivity contribution < 1.29 is 0 Å². The summed E-state index contributed by atoms with van der Waals surface area (Å²) >= 11 is 0. The van der Waals surface area contributed by atoms with Crippen LogP contribution in [0.15, 0.2) is 85.5 Å². The van der Waals surface area contributed by atoms with Crippen LogP contribution in [0, 0.1) is 49.4 Å². The number of terminal acetylenes is 4. The summed E-state index contributed by atoms with van der Waals surface area (Å²) in [5.74, 6) is 11.3. The number of hydrogen-bond acceptors (Lipinski definition) is 0. The Labute approximate surface area is 246 Å². The SMILES string of the molecule is C#CCn1ccc(C2c3c(n(CC#C)c4ccccc34)C(c3ccn(CC#C)c3)c3c2n(CC#C)c2ccccc32)c1. The first-order valence-electron chi connectivity index (χ1n) is 14.0. The summed E-state index contributed by atoms with van der Waals surface area (Å²) in [7, 11) is 0. The van der Waals surface area contributed by atoms with Crippen LogP contribution in [0.3, 0.4) is 0 Å². The van der Waals surface area contributed by atoms with Gasteiger partial charge >= 0.3 is 0 Å². The molecule has 0 radical (unpaired) electrons. The minimum absolute atomic E-state index is 0.0808. The molecule has 0 saturated heterocycles. The molecule has 0 bridgehead atoms. The van der Waals surface area contributed by atoms with Gasteiger partial charge in [-0.15, -0.1) is 25.7 Å². The second-order valence-electron chi connectivity index (χ2n) is 10.7. The lowest BCUT2D eigenvalue weighted by molar-refractivity contribution is 0.685. The average molecular weight is 541 g/mol. The van der Waals surface area contributed by atoms with Crippen molar-refractivity contribution in [2.45, 2.75) is 38.0 Å². The van der Waals surface area contributed by atoms with E-state index in [1.807, 2.05) is 0 Å². The van der Waals surface area contributed by atoms with Gasteiger partial charge in [-0.1, -0.05) is 60.1 Å². The molecule has 0 saturated carbocycles. The molecular formula is C38H28N4. The minimum Gasteiger partial charge on any atom is -0.343 e. The van der Waals surface area contributed by atoms with Crippen LogP contribution < -0.4 is 0 Å². The number of rotatable bonds is 6. The number of aromatic nitrogens is 4. The summed E-state index contributed by atoms with van der Waals surface area (Å²) in [4.78, 5) is 0. The summed E-state index contributed by atoms with van der Waals surface area (Å²) in [6, 6.07) is 21.5. The molecule has 0 spiro atoms. The van der Waals surface area contributed by atoms with E-state index in [2.05, 4.69) is 127 Å². The van der Waals surface area contributed by atoms with Crippen LogP contribution in [0.5, 0.6) is 0 Å². The molecule has 4 aromatic heterocycles. The Morgan fingerprint density at radius 1 is 0.524 bits per heavy atom. The predicted octanol–water partition coefficient (Wildman–Crippen LogP) is 6.41. The van der Waals surface area contributed by atoms with Gasteiger partial charge in [-0.05, 0) is 46.5 Å². The molecule has 42 heavy (non-hydrogen) atoms. The van der Waals surface area contributed by atoms with E-state index in [9.17, 15) is 0 Å². The lowest BCUT2D eigenvalue weighted by Crippen LogP contribution is -2.23. The van der Waals surface area contributed by atoms with Crippen molar-refractivity contribution in [1.29, 1.82) is 0 Å². The zero-order valence-corrected chi connectivity index (χ0v) is 23.2. The molecule has 1 aliphatic carbocycles. The van der Waals surface area contributed by atoms with E-state index in [-0.39, 0.29) is 11.8 Å². The highest BCUT2D eigenvalue weighted by atomic mass is 15.0. The second-order valence-corrected chi connectivity index (χ2v) is 10.7. The Morgan fingerprint density at radius 3 is 1.33 bits per heavy atom. The van der Waals surface area contributed by atoms with Crippen LogP contribution in [0.2, 0.25) is 0 Å². The van der Waals surface area contributed by atoms with Crippen LogP contribution in [-0.4, -0.2) is 18.3 Å². The number of fused-ring (bicyclic) bond motifs is 6. The first-order chi connectivity index (χ1) is 20.7. The van der Waals surface area contributed by atoms with Gasteiger partial charge in [0.05, 0.1) is 38.0 Å². The monoisotopic (exact) mass is 540 g/mol. The predicted molar refractivity (Wildman–Crippen MR) is 170 cm³/mol. The molecule has 2 aromatic carbocycles. The van der Waals surface area contributed by atoms with Crippen LogP contribution in [0.1, 0.15) is 45.5 Å². The first kappa shape index (κ1) is 25.3. The van der Waals surface area contributed by atoms with E-state index in [4.69, 9.17) is 25.7 Å². The van der Waals surface area contributed by atoms with Crippen molar-refractivity contribution in [1.82, 2.24) is 18.3 Å². The van der Waals surface area contributed by atoms with Crippen molar-refractivity contribution >= 4 is 21.8 Å². The van der Waals surface area contributed by atoms with E-state index >= 15 is 0 Å². The average Bonchev–Trinajstić information content (AvgIpc) is 3.79. The maximum atomic E-state index is 6.04. The molecule has 4 heteroatoms. The summed E-state index contributed by atoms with van der Waals surface area (Å²) in [5, 5.41) is 2.38. The maximum absolute atomic E-state index is 6.04. The fourth-order valence-electron chi connectivity index (χ4n) is 7.04. The Hall–Kier alpha value is -5.68. The topological polar surface area (TPSA) is 19.7 Å². The van der Waals surface area contributed by atoms with Gasteiger partial charge in [0.25, 0.3) is 0 Å². The van der Waals surface area contributed by atoms with Gasteiger partial charge in [0.1, 0.15) is 0 Å². The molecule has 0 fully saturated rings. The third-order valence-corrected chi connectivity index (χ3v) is 8.49. The van der Waals surface area contributed by atoms with Crippen LogP contribution in [0.25, 0.3) is 21.8 Å². The summed E-state index contributed by atoms with van der Waals surface area (Å²) in [6.45, 7) is 1.93. The van der Waals surface area contributed by atoms with Crippen LogP contribution >= 0.6 is 0 Å². The fraction of sp³-hybridized carbons (Fsp3) is 0.158. The maximum Gasteiger partial charge on any atom is 0.0838 e. The summed E-state index contributed by atoms with van der Waals surface area (Å²) in [6.07, 6.45) is 32.0. The van der Waals surface area contributed by atoms with Crippen molar-refractivity contribution in [3.63, 3.8) is 0 Å². The fourth-order valence-corrected chi connectivity index (χ4v) is 7.04. The van der Waals surface area contributed by atoms with E-state index in [0.717, 1.165) is 11.0 Å². The molecular weight excluding hydrogens is 512 g/mol. The number of benzene rings is 2. The minimum atomic E-state index is -0.0808. The molecule has 1 aliphatic rings. The quantitative estimate of drug-likeness (QED) is 0.217. The molecule has 6 aromatic rings. The van der Waals surface area contributed by atoms with Gasteiger partial charge in [-0.3, -0.25) is 0 Å². The van der Waals surface area contributed by atoms with Gasteiger partial charge in [0.15, 0.2) is 0 Å². The molecule has 0 amide bonds. The number of hydrogen-bond donors (Lipinski definition) is 0. The molecule has 2 unspecified atom stereocenters. The molecule has 4 heterocycles. The third kappa shape index (κ3) is 3.64. The zero-order valence-electron chi connectivity index (χ0n) is 23.2. The third-order valence-electron chi connectivity index (χ3n) is 8.49. The van der Waals surface area contributed by atoms with E-state index in [0.29, 0.717) is 26.2 Å². The first-order valence-corrected chi connectivity index (χ1v) is 14.0. The summed E-state index contributed by atoms with van der Waals surface area (Å²) < 4.78 is 8.79.